The number of nitrogens with two attached hydrogens (primary N) is 1. The van der Waals surface area contributed by atoms with Gasteiger partial charge >= 0.3 is 0 Å². The number of hydrogen-bond donors (Lipinski definition) is 2. The van der Waals surface area contributed by atoms with Crippen molar-refractivity contribution < 1.29 is 8.42 Å². The van der Waals surface area contributed by atoms with E-state index in [1.165, 1.54) is 6.26 Å². The third kappa shape index (κ3) is 3.98. The molecule has 2 atom stereocenters. The molecule has 0 saturated heterocycles. The zero-order chi connectivity index (χ0) is 22.6. The molecule has 0 aliphatic heterocycles. The van der Waals surface area contributed by atoms with Gasteiger partial charge in [0.2, 0.25) is 5.95 Å². The van der Waals surface area contributed by atoms with E-state index in [4.69, 9.17) is 10.7 Å². The number of nitrogen functional groups attached to an aromatic ring is 1. The van der Waals surface area contributed by atoms with Gasteiger partial charge in [-0.1, -0.05) is 0 Å². The summed E-state index contributed by atoms with van der Waals surface area (Å²) in [5.74, 6) is 0.936. The van der Waals surface area contributed by atoms with Crippen LogP contribution in [0.4, 0.5) is 11.8 Å². The second-order valence-corrected chi connectivity index (χ2v) is 12.5. The molecule has 3 aromatic heterocycles. The highest BCUT2D eigenvalue weighted by Gasteiger charge is 2.43. The van der Waals surface area contributed by atoms with Gasteiger partial charge in [0, 0.05) is 18.5 Å². The number of pyridine rings is 1. The Balaban J connectivity index is 1.68. The predicted octanol–water partition coefficient (Wildman–Crippen LogP) is 3.75. The van der Waals surface area contributed by atoms with Crippen LogP contribution in [0.3, 0.4) is 0 Å². The number of aromatic nitrogens is 4. The van der Waals surface area contributed by atoms with E-state index in [2.05, 4.69) is 20.3 Å². The molecule has 4 rings (SSSR count). The zero-order valence-electron chi connectivity index (χ0n) is 18.4. The van der Waals surface area contributed by atoms with Gasteiger partial charge in [0.1, 0.15) is 16.3 Å². The Labute approximate surface area is 186 Å². The lowest BCUT2D eigenvalue weighted by molar-refractivity contribution is 0.404. The van der Waals surface area contributed by atoms with Crippen molar-refractivity contribution in [1.29, 1.82) is 0 Å². The summed E-state index contributed by atoms with van der Waals surface area (Å²) in [6.07, 6.45) is 5.58. The minimum absolute atomic E-state index is 0.0832. The van der Waals surface area contributed by atoms with E-state index in [9.17, 15) is 8.42 Å². The molecule has 0 bridgehead atoms. The van der Waals surface area contributed by atoms with Crippen LogP contribution in [0.5, 0.6) is 0 Å². The maximum Gasteiger partial charge on any atom is 0.222 e. The van der Waals surface area contributed by atoms with Crippen molar-refractivity contribution in [3.63, 3.8) is 0 Å². The van der Waals surface area contributed by atoms with E-state index in [1.54, 1.807) is 17.5 Å². The van der Waals surface area contributed by atoms with Crippen molar-refractivity contribution in [3.05, 3.63) is 23.7 Å². The first-order chi connectivity index (χ1) is 14.5. The molecule has 3 N–H and O–H groups in total. The molecule has 166 valence electrons. The molecule has 31 heavy (non-hydrogen) atoms. The molecule has 0 unspecified atom stereocenters. The van der Waals surface area contributed by atoms with Gasteiger partial charge in [-0.05, 0) is 58.9 Å². The third-order valence-electron chi connectivity index (χ3n) is 6.52. The van der Waals surface area contributed by atoms with Crippen LogP contribution in [0.25, 0.3) is 20.8 Å². The number of nitrogens with zero attached hydrogens (tertiary/aromatic N) is 4. The molecule has 3 aromatic rings. The lowest BCUT2D eigenvalue weighted by Crippen LogP contribution is -2.38. The molecule has 0 aromatic carbocycles. The highest BCUT2D eigenvalue weighted by molar-refractivity contribution is 7.92. The van der Waals surface area contributed by atoms with Crippen LogP contribution in [-0.2, 0) is 9.84 Å². The van der Waals surface area contributed by atoms with Crippen LogP contribution in [0.15, 0.2) is 12.3 Å². The van der Waals surface area contributed by atoms with E-state index in [1.807, 2.05) is 33.8 Å². The maximum atomic E-state index is 12.3. The number of nitrogens with one attached hydrogen (secondary N) is 1. The number of fused-ring (bicyclic) bond motifs is 1. The van der Waals surface area contributed by atoms with E-state index < -0.39 is 14.6 Å². The molecule has 1 saturated carbocycles. The monoisotopic (exact) mass is 460 g/mol. The standard InChI is InChI=1S/C21H28N6O2S2/c1-11-16(19-26-17-12(2)23-9-8-15(17)30-19)18(27-20(22)24-11)25-14-7-6-13(10-14)21(3,4)31(5,28)29/h8-9,13-14H,6-7,10H2,1-5H3,(H3,22,24,25,27)/t13-,14+/m1/s1. The van der Waals surface area contributed by atoms with Gasteiger partial charge in [0.25, 0.3) is 0 Å². The smallest absolute Gasteiger partial charge is 0.222 e. The highest BCUT2D eigenvalue weighted by Crippen LogP contribution is 2.41. The molecule has 1 fully saturated rings. The van der Waals surface area contributed by atoms with Crippen molar-refractivity contribution in [2.24, 2.45) is 5.92 Å². The fraction of sp³-hybridized carbons (Fsp3) is 0.524. The molecule has 8 nitrogen and oxygen atoms in total. The fourth-order valence-corrected chi connectivity index (χ4v) is 6.21. The molecular weight excluding hydrogens is 432 g/mol. The van der Waals surface area contributed by atoms with Crippen LogP contribution in [0.2, 0.25) is 0 Å². The SMILES string of the molecule is Cc1nc(N)nc(N[C@H]2CC[C@@H](C(C)(C)S(C)(=O)=O)C2)c1-c1nc2c(C)nccc2s1. The Morgan fingerprint density at radius 1 is 1.16 bits per heavy atom. The van der Waals surface area contributed by atoms with Crippen LogP contribution in [-0.4, -0.2) is 45.4 Å². The fourth-order valence-electron chi connectivity index (χ4n) is 4.28. The number of anilines is 2. The lowest BCUT2D eigenvalue weighted by Gasteiger charge is -2.29. The predicted molar refractivity (Wildman–Crippen MR) is 126 cm³/mol. The van der Waals surface area contributed by atoms with Gasteiger partial charge < -0.3 is 11.1 Å². The molecule has 0 amide bonds. The molecule has 1 aliphatic carbocycles. The number of sulfone groups is 1. The minimum Gasteiger partial charge on any atom is -0.368 e. The first-order valence-electron chi connectivity index (χ1n) is 10.3. The van der Waals surface area contributed by atoms with Crippen LogP contribution in [0, 0.1) is 19.8 Å². The van der Waals surface area contributed by atoms with Gasteiger partial charge in [0.05, 0.1) is 26.4 Å². The van der Waals surface area contributed by atoms with Gasteiger partial charge in [-0.2, -0.15) is 4.98 Å². The summed E-state index contributed by atoms with van der Waals surface area (Å²) in [4.78, 5) is 18.0. The average Bonchev–Trinajstić information content (AvgIpc) is 3.28. The molecule has 3 heterocycles. The van der Waals surface area contributed by atoms with Crippen molar-refractivity contribution in [3.8, 4) is 10.6 Å². The first kappa shape index (κ1) is 21.9. The Bertz CT molecular complexity index is 1250. The second-order valence-electron chi connectivity index (χ2n) is 8.88. The summed E-state index contributed by atoms with van der Waals surface area (Å²) in [5, 5.41) is 4.34. The molecule has 0 spiro atoms. The second kappa shape index (κ2) is 7.67. The number of thiazole rings is 1. The van der Waals surface area contributed by atoms with E-state index in [0.717, 1.165) is 51.4 Å². The van der Waals surface area contributed by atoms with Gasteiger partial charge in [-0.15, -0.1) is 11.3 Å². The molecular formula is C21H28N6O2S2. The third-order valence-corrected chi connectivity index (χ3v) is 9.81. The molecule has 1 aliphatic rings. The Morgan fingerprint density at radius 2 is 1.90 bits per heavy atom. The Morgan fingerprint density at radius 3 is 2.58 bits per heavy atom. The van der Waals surface area contributed by atoms with Crippen molar-refractivity contribution in [1.82, 2.24) is 19.9 Å². The van der Waals surface area contributed by atoms with Gasteiger partial charge in [-0.25, -0.2) is 18.4 Å². The number of aryl methyl sites for hydroxylation is 2. The normalized spacial score (nSPS) is 19.8. The van der Waals surface area contributed by atoms with Crippen LogP contribution >= 0.6 is 11.3 Å². The van der Waals surface area contributed by atoms with E-state index >= 15 is 0 Å². The topological polar surface area (TPSA) is 124 Å². The Hall–Kier alpha value is -2.33. The summed E-state index contributed by atoms with van der Waals surface area (Å²) in [6, 6.07) is 2.06. The first-order valence-corrected chi connectivity index (χ1v) is 13.0. The van der Waals surface area contributed by atoms with Crippen molar-refractivity contribution in [2.75, 3.05) is 17.3 Å². The average molecular weight is 461 g/mol. The zero-order valence-corrected chi connectivity index (χ0v) is 20.1. The molecule has 10 heteroatoms. The molecule has 0 radical (unpaired) electrons. The minimum atomic E-state index is -3.15. The quantitative estimate of drug-likeness (QED) is 0.590. The summed E-state index contributed by atoms with van der Waals surface area (Å²) in [7, 11) is -3.15. The van der Waals surface area contributed by atoms with Gasteiger partial charge in [-0.3, -0.25) is 4.98 Å². The summed E-state index contributed by atoms with van der Waals surface area (Å²) in [5.41, 5.74) is 9.31. The lowest BCUT2D eigenvalue weighted by atomic mass is 9.93. The Kier molecular flexibility index (Phi) is 5.41. The number of hydrogen-bond acceptors (Lipinski definition) is 9. The largest absolute Gasteiger partial charge is 0.368 e. The van der Waals surface area contributed by atoms with E-state index in [-0.39, 0.29) is 17.9 Å². The number of rotatable bonds is 5. The highest BCUT2D eigenvalue weighted by atomic mass is 32.2. The van der Waals surface area contributed by atoms with Crippen LogP contribution < -0.4 is 11.1 Å². The summed E-state index contributed by atoms with van der Waals surface area (Å²) >= 11 is 1.57. The summed E-state index contributed by atoms with van der Waals surface area (Å²) in [6.45, 7) is 7.50. The summed E-state index contributed by atoms with van der Waals surface area (Å²) < 4.78 is 24.8. The van der Waals surface area contributed by atoms with Gasteiger partial charge in [0.15, 0.2) is 9.84 Å². The van der Waals surface area contributed by atoms with E-state index in [0.29, 0.717) is 5.82 Å². The van der Waals surface area contributed by atoms with Crippen molar-refractivity contribution in [2.45, 2.75) is 57.7 Å². The van der Waals surface area contributed by atoms with Crippen molar-refractivity contribution >= 4 is 43.2 Å². The van der Waals surface area contributed by atoms with Crippen LogP contribution in [0.1, 0.15) is 44.5 Å². The maximum absolute atomic E-state index is 12.3.